The van der Waals surface area contributed by atoms with Crippen LogP contribution in [-0.4, -0.2) is 33.8 Å². The lowest BCUT2D eigenvalue weighted by Gasteiger charge is -2.30. The van der Waals surface area contributed by atoms with Crippen LogP contribution in [0.1, 0.15) is 65.0 Å². The molecule has 1 aromatic heterocycles. The Bertz CT molecular complexity index is 1240. The van der Waals surface area contributed by atoms with Crippen molar-refractivity contribution in [2.24, 2.45) is 12.2 Å². The van der Waals surface area contributed by atoms with E-state index in [1.165, 1.54) is 21.1 Å². The summed E-state index contributed by atoms with van der Waals surface area (Å²) in [6.45, 7) is 3.18. The molecule has 0 radical (unpaired) electrons. The molecule has 0 saturated carbocycles. The molecule has 2 heterocycles. The lowest BCUT2D eigenvalue weighted by Crippen LogP contribution is -2.36. The second kappa shape index (κ2) is 10.7. The molecule has 1 N–H and O–H groups in total. The number of rotatable bonds is 7. The van der Waals surface area contributed by atoms with E-state index in [0.717, 1.165) is 35.1 Å². The summed E-state index contributed by atoms with van der Waals surface area (Å²) in [7, 11) is 1.67. The second-order valence-electron chi connectivity index (χ2n) is 9.39. The summed E-state index contributed by atoms with van der Waals surface area (Å²) in [5.41, 5.74) is 5.21. The van der Waals surface area contributed by atoms with Crippen molar-refractivity contribution in [1.29, 1.82) is 0 Å². The van der Waals surface area contributed by atoms with Crippen molar-refractivity contribution in [2.75, 3.05) is 13.1 Å². The highest BCUT2D eigenvalue weighted by molar-refractivity contribution is 5.65. The van der Waals surface area contributed by atoms with Crippen molar-refractivity contribution in [3.05, 3.63) is 110 Å². The number of amides is 1. The maximum Gasteiger partial charge on any atom is 0.407 e. The van der Waals surface area contributed by atoms with Gasteiger partial charge in [0.25, 0.3) is 0 Å². The average molecular weight is 474 g/mol. The molecular formula is C28H31N3O4. The molecule has 1 fully saturated rings. The van der Waals surface area contributed by atoms with Gasteiger partial charge in [-0.2, -0.15) is 4.91 Å². The molecule has 1 aliphatic rings. The Labute approximate surface area is 205 Å². The molecule has 7 heteroatoms. The van der Waals surface area contributed by atoms with Crippen molar-refractivity contribution in [3.63, 3.8) is 0 Å². The molecule has 182 valence electrons. The number of nitroso groups, excluding NO2 is 1. The monoisotopic (exact) mass is 473 g/mol. The molecule has 7 nitrogen and oxygen atoms in total. The van der Waals surface area contributed by atoms with E-state index in [9.17, 15) is 19.6 Å². The molecule has 1 aliphatic heterocycles. The van der Waals surface area contributed by atoms with Gasteiger partial charge in [-0.05, 0) is 66.0 Å². The van der Waals surface area contributed by atoms with Gasteiger partial charge in [0.2, 0.25) is 5.56 Å². The SMILES string of the molecule is Cc1ccccc1C(CC(N=O)c1ccc(=O)n(C)c1)c1ccc(C2CCN(C(=O)O)CC2)cc1. The van der Waals surface area contributed by atoms with Crippen LogP contribution in [-0.2, 0) is 7.05 Å². The number of aromatic nitrogens is 1. The summed E-state index contributed by atoms with van der Waals surface area (Å²) in [6.07, 6.45) is 2.96. The first-order valence-electron chi connectivity index (χ1n) is 12.0. The molecule has 4 rings (SSSR count). The van der Waals surface area contributed by atoms with E-state index in [1.807, 2.05) is 12.1 Å². The van der Waals surface area contributed by atoms with Crippen LogP contribution in [0.3, 0.4) is 0 Å². The minimum absolute atomic E-state index is 0.0426. The molecule has 2 aromatic carbocycles. The minimum Gasteiger partial charge on any atom is -0.465 e. The van der Waals surface area contributed by atoms with Crippen molar-refractivity contribution < 1.29 is 9.90 Å². The maximum atomic E-state index is 11.9. The maximum absolute atomic E-state index is 11.9. The van der Waals surface area contributed by atoms with E-state index >= 15 is 0 Å². The number of likely N-dealkylation sites (tertiary alicyclic amines) is 1. The molecule has 2 atom stereocenters. The zero-order chi connectivity index (χ0) is 24.9. The number of hydrogen-bond acceptors (Lipinski definition) is 4. The van der Waals surface area contributed by atoms with Crippen molar-refractivity contribution in [2.45, 2.75) is 44.1 Å². The third-order valence-corrected chi connectivity index (χ3v) is 7.22. The summed E-state index contributed by atoms with van der Waals surface area (Å²) in [6, 6.07) is 19.3. The number of aryl methyl sites for hydroxylation is 2. The van der Waals surface area contributed by atoms with Crippen LogP contribution >= 0.6 is 0 Å². The fourth-order valence-electron chi connectivity index (χ4n) is 5.10. The lowest BCUT2D eigenvalue weighted by atomic mass is 9.81. The van der Waals surface area contributed by atoms with Crippen LogP contribution in [0, 0.1) is 11.8 Å². The first-order valence-corrected chi connectivity index (χ1v) is 12.0. The van der Waals surface area contributed by atoms with Crippen molar-refractivity contribution in [1.82, 2.24) is 9.47 Å². The molecule has 0 spiro atoms. The Morgan fingerprint density at radius 3 is 2.29 bits per heavy atom. The predicted octanol–water partition coefficient (Wildman–Crippen LogP) is 5.58. The number of piperidine rings is 1. The van der Waals surface area contributed by atoms with Gasteiger partial charge in [0.05, 0.1) is 0 Å². The van der Waals surface area contributed by atoms with E-state index in [4.69, 9.17) is 0 Å². The van der Waals surface area contributed by atoms with Crippen LogP contribution in [0.2, 0.25) is 0 Å². The summed E-state index contributed by atoms with van der Waals surface area (Å²) < 4.78 is 1.47. The average Bonchev–Trinajstić information content (AvgIpc) is 2.87. The molecule has 0 aliphatic carbocycles. The lowest BCUT2D eigenvalue weighted by molar-refractivity contribution is 0.132. The normalized spacial score (nSPS) is 16.0. The summed E-state index contributed by atoms with van der Waals surface area (Å²) >= 11 is 0. The molecule has 35 heavy (non-hydrogen) atoms. The molecule has 1 amide bonds. The Kier molecular flexibility index (Phi) is 7.44. The third-order valence-electron chi connectivity index (χ3n) is 7.22. The van der Waals surface area contributed by atoms with Gasteiger partial charge < -0.3 is 14.6 Å². The highest BCUT2D eigenvalue weighted by Gasteiger charge is 2.26. The molecular weight excluding hydrogens is 442 g/mol. The smallest absolute Gasteiger partial charge is 0.407 e. The number of hydrogen-bond donors (Lipinski definition) is 1. The third kappa shape index (κ3) is 5.50. The zero-order valence-electron chi connectivity index (χ0n) is 20.1. The Morgan fingerprint density at radius 1 is 1.03 bits per heavy atom. The molecule has 2 unspecified atom stereocenters. The largest absolute Gasteiger partial charge is 0.465 e. The van der Waals surface area contributed by atoms with E-state index in [0.29, 0.717) is 25.4 Å². The van der Waals surface area contributed by atoms with Gasteiger partial charge >= 0.3 is 6.09 Å². The van der Waals surface area contributed by atoms with Crippen LogP contribution in [0.5, 0.6) is 0 Å². The fourth-order valence-corrected chi connectivity index (χ4v) is 5.10. The molecule has 0 bridgehead atoms. The summed E-state index contributed by atoms with van der Waals surface area (Å²) in [5.74, 6) is 0.297. The number of pyridine rings is 1. The second-order valence-corrected chi connectivity index (χ2v) is 9.39. The Hall–Kier alpha value is -3.74. The van der Waals surface area contributed by atoms with E-state index in [-0.39, 0.29) is 11.5 Å². The Morgan fingerprint density at radius 2 is 1.69 bits per heavy atom. The van der Waals surface area contributed by atoms with Crippen LogP contribution in [0.4, 0.5) is 4.79 Å². The molecule has 1 saturated heterocycles. The van der Waals surface area contributed by atoms with Gasteiger partial charge in [0.15, 0.2) is 0 Å². The number of benzene rings is 2. The van der Waals surface area contributed by atoms with Gasteiger partial charge in [-0.25, -0.2) is 4.79 Å². The Balaban J connectivity index is 1.61. The van der Waals surface area contributed by atoms with Gasteiger partial charge in [-0.3, -0.25) is 4.79 Å². The van der Waals surface area contributed by atoms with Gasteiger partial charge in [0.1, 0.15) is 6.04 Å². The minimum atomic E-state index is -0.850. The topological polar surface area (TPSA) is 92.0 Å². The van der Waals surface area contributed by atoms with Crippen molar-refractivity contribution in [3.8, 4) is 0 Å². The van der Waals surface area contributed by atoms with Gasteiger partial charge in [-0.15, -0.1) is 0 Å². The van der Waals surface area contributed by atoms with Crippen LogP contribution < -0.4 is 5.56 Å². The first kappa shape index (κ1) is 24.4. The number of nitrogens with zero attached hydrogens (tertiary/aromatic N) is 3. The van der Waals surface area contributed by atoms with Gasteiger partial charge in [0, 0.05) is 38.3 Å². The van der Waals surface area contributed by atoms with Crippen molar-refractivity contribution >= 4 is 6.09 Å². The van der Waals surface area contributed by atoms with E-state index in [1.54, 1.807) is 19.3 Å². The van der Waals surface area contributed by atoms with E-state index in [2.05, 4.69) is 48.5 Å². The van der Waals surface area contributed by atoms with E-state index < -0.39 is 12.1 Å². The first-order chi connectivity index (χ1) is 16.9. The van der Waals surface area contributed by atoms with Gasteiger partial charge in [-0.1, -0.05) is 53.7 Å². The fraction of sp³-hybridized carbons (Fsp3) is 0.357. The summed E-state index contributed by atoms with van der Waals surface area (Å²) in [5, 5.41) is 12.6. The number of carbonyl (C=O) groups is 1. The standard InChI is InChI=1S/C28H31N3O4/c1-19-5-3-4-6-24(19)25(17-26(29-35)23-11-12-27(32)30(2)18-23)22-9-7-20(8-10-22)21-13-15-31(16-14-21)28(33)34/h3-12,18,21,25-26H,13-17H2,1-2H3,(H,33,34). The highest BCUT2D eigenvalue weighted by atomic mass is 16.4. The quantitative estimate of drug-likeness (QED) is 0.453. The summed E-state index contributed by atoms with van der Waals surface area (Å²) in [4.78, 5) is 36.5. The molecule has 3 aromatic rings. The number of carboxylic acid groups (broad SMARTS) is 1. The van der Waals surface area contributed by atoms with Crippen LogP contribution in [0.25, 0.3) is 0 Å². The highest BCUT2D eigenvalue weighted by Crippen LogP contribution is 2.38. The predicted molar refractivity (Wildman–Crippen MR) is 136 cm³/mol. The zero-order valence-corrected chi connectivity index (χ0v) is 20.1. The van der Waals surface area contributed by atoms with Crippen LogP contribution in [0.15, 0.2) is 76.8 Å².